The second-order valence-electron chi connectivity index (χ2n) is 7.16. The van der Waals surface area contributed by atoms with Crippen molar-refractivity contribution in [3.63, 3.8) is 0 Å². The van der Waals surface area contributed by atoms with Gasteiger partial charge in [0, 0.05) is 16.7 Å². The summed E-state index contributed by atoms with van der Waals surface area (Å²) < 4.78 is 0. The normalized spacial score (nSPS) is 11.5. The van der Waals surface area contributed by atoms with Crippen molar-refractivity contribution in [1.29, 1.82) is 0 Å². The van der Waals surface area contributed by atoms with Crippen LogP contribution in [0.3, 0.4) is 0 Å². The minimum absolute atomic E-state index is 0.0532. The molecule has 3 nitrogen and oxygen atoms in total. The van der Waals surface area contributed by atoms with Gasteiger partial charge in [0.25, 0.3) is 5.91 Å². The van der Waals surface area contributed by atoms with Crippen LogP contribution in [-0.4, -0.2) is 18.0 Å². The maximum atomic E-state index is 12.3. The number of hydrogen-bond donors (Lipinski definition) is 2. The Morgan fingerprint density at radius 1 is 1.14 bits per heavy atom. The molecule has 0 aromatic heterocycles. The second-order valence-corrected chi connectivity index (χ2v) is 7.16. The smallest absolute Gasteiger partial charge is 0.251 e. The largest absolute Gasteiger partial charge is 0.347 e. The monoisotopic (exact) mass is 286 g/mol. The van der Waals surface area contributed by atoms with Gasteiger partial charge in [0.1, 0.15) is 0 Å². The molecule has 0 atom stereocenters. The molecular formula is C18H26N2O. The van der Waals surface area contributed by atoms with Gasteiger partial charge in [0.15, 0.2) is 0 Å². The number of benzene rings is 1. The first kappa shape index (κ1) is 17.3. The molecule has 1 amide bonds. The molecule has 0 spiro atoms. The highest BCUT2D eigenvalue weighted by atomic mass is 16.1. The molecule has 1 aromatic carbocycles. The standard InChI is InChI=1S/C18H26N2O/c1-17(2,3)13-18(4,5)20-16(21)15-10-8-14(9-11-15)7-6-12-19/h8-11H,12-13,19H2,1-5H3,(H,20,21). The molecule has 1 aromatic rings. The van der Waals surface area contributed by atoms with Crippen molar-refractivity contribution in [2.24, 2.45) is 11.1 Å². The van der Waals surface area contributed by atoms with Gasteiger partial charge in [-0.05, 0) is 49.9 Å². The maximum absolute atomic E-state index is 12.3. The van der Waals surface area contributed by atoms with E-state index in [0.29, 0.717) is 12.1 Å². The number of rotatable bonds is 3. The third-order valence-electron chi connectivity index (χ3n) is 2.91. The Labute approximate surface area is 128 Å². The van der Waals surface area contributed by atoms with Crippen molar-refractivity contribution in [3.8, 4) is 11.8 Å². The molecule has 0 aliphatic carbocycles. The average Bonchev–Trinajstić information content (AvgIpc) is 2.33. The molecule has 0 unspecified atom stereocenters. The molecule has 0 fully saturated rings. The summed E-state index contributed by atoms with van der Waals surface area (Å²) in [6.45, 7) is 11.0. The Kier molecular flexibility index (Phi) is 5.57. The Morgan fingerprint density at radius 2 is 1.71 bits per heavy atom. The number of carbonyl (C=O) groups is 1. The van der Waals surface area contributed by atoms with E-state index in [1.54, 1.807) is 12.1 Å². The number of carbonyl (C=O) groups excluding carboxylic acids is 1. The van der Waals surface area contributed by atoms with Gasteiger partial charge in [-0.1, -0.05) is 32.6 Å². The average molecular weight is 286 g/mol. The summed E-state index contributed by atoms with van der Waals surface area (Å²) in [6, 6.07) is 7.27. The molecule has 0 saturated carbocycles. The third-order valence-corrected chi connectivity index (χ3v) is 2.91. The highest BCUT2D eigenvalue weighted by Gasteiger charge is 2.27. The zero-order valence-corrected chi connectivity index (χ0v) is 13.7. The third kappa shape index (κ3) is 6.46. The van der Waals surface area contributed by atoms with Crippen LogP contribution in [0.4, 0.5) is 0 Å². The van der Waals surface area contributed by atoms with Crippen molar-refractivity contribution < 1.29 is 4.79 Å². The summed E-state index contributed by atoms with van der Waals surface area (Å²) in [5, 5.41) is 3.10. The number of amides is 1. The quantitative estimate of drug-likeness (QED) is 0.839. The lowest BCUT2D eigenvalue weighted by atomic mass is 9.81. The van der Waals surface area contributed by atoms with Crippen LogP contribution in [-0.2, 0) is 0 Å². The molecular weight excluding hydrogens is 260 g/mol. The summed E-state index contributed by atoms with van der Waals surface area (Å²) >= 11 is 0. The fourth-order valence-electron chi connectivity index (χ4n) is 2.61. The lowest BCUT2D eigenvalue weighted by Gasteiger charge is -2.33. The molecule has 114 valence electrons. The van der Waals surface area contributed by atoms with E-state index >= 15 is 0 Å². The summed E-state index contributed by atoms with van der Waals surface area (Å²) in [7, 11) is 0. The molecule has 1 rings (SSSR count). The van der Waals surface area contributed by atoms with Gasteiger partial charge in [0.2, 0.25) is 0 Å². The minimum atomic E-state index is -0.243. The Morgan fingerprint density at radius 3 is 2.19 bits per heavy atom. The van der Waals surface area contributed by atoms with E-state index in [1.807, 2.05) is 12.1 Å². The number of hydrogen-bond acceptors (Lipinski definition) is 2. The summed E-state index contributed by atoms with van der Waals surface area (Å²) in [4.78, 5) is 12.3. The number of nitrogens with one attached hydrogen (secondary N) is 1. The van der Waals surface area contributed by atoms with Crippen molar-refractivity contribution in [2.75, 3.05) is 6.54 Å². The molecule has 0 radical (unpaired) electrons. The fourth-order valence-corrected chi connectivity index (χ4v) is 2.61. The van der Waals surface area contributed by atoms with Crippen LogP contribution in [0.5, 0.6) is 0 Å². The molecule has 0 saturated heterocycles. The van der Waals surface area contributed by atoms with Gasteiger partial charge in [0.05, 0.1) is 6.54 Å². The van der Waals surface area contributed by atoms with Crippen molar-refractivity contribution in [3.05, 3.63) is 35.4 Å². The van der Waals surface area contributed by atoms with Crippen LogP contribution in [0.25, 0.3) is 0 Å². The Balaban J connectivity index is 2.76. The lowest BCUT2D eigenvalue weighted by molar-refractivity contribution is 0.0891. The van der Waals surface area contributed by atoms with E-state index in [2.05, 4.69) is 51.8 Å². The van der Waals surface area contributed by atoms with E-state index in [1.165, 1.54) is 0 Å². The molecule has 21 heavy (non-hydrogen) atoms. The van der Waals surface area contributed by atoms with Gasteiger partial charge < -0.3 is 11.1 Å². The topological polar surface area (TPSA) is 55.1 Å². The van der Waals surface area contributed by atoms with E-state index in [4.69, 9.17) is 5.73 Å². The van der Waals surface area contributed by atoms with Crippen LogP contribution in [0.15, 0.2) is 24.3 Å². The summed E-state index contributed by atoms with van der Waals surface area (Å²) in [6.07, 6.45) is 0.909. The first-order valence-corrected chi connectivity index (χ1v) is 7.24. The van der Waals surface area contributed by atoms with Gasteiger partial charge >= 0.3 is 0 Å². The Bertz CT molecular complexity index is 539. The van der Waals surface area contributed by atoms with Gasteiger partial charge in [-0.25, -0.2) is 0 Å². The van der Waals surface area contributed by atoms with E-state index in [0.717, 1.165) is 12.0 Å². The van der Waals surface area contributed by atoms with E-state index in [9.17, 15) is 4.79 Å². The highest BCUT2D eigenvalue weighted by Crippen LogP contribution is 2.27. The van der Waals surface area contributed by atoms with Crippen LogP contribution in [0.1, 0.15) is 57.0 Å². The van der Waals surface area contributed by atoms with Crippen LogP contribution in [0.2, 0.25) is 0 Å². The highest BCUT2D eigenvalue weighted by molar-refractivity contribution is 5.94. The molecule has 0 aliphatic heterocycles. The predicted octanol–water partition coefficient (Wildman–Crippen LogP) is 2.94. The maximum Gasteiger partial charge on any atom is 0.251 e. The van der Waals surface area contributed by atoms with Crippen LogP contribution < -0.4 is 11.1 Å². The minimum Gasteiger partial charge on any atom is -0.347 e. The molecule has 0 heterocycles. The predicted molar refractivity (Wildman–Crippen MR) is 88.0 cm³/mol. The van der Waals surface area contributed by atoms with Crippen LogP contribution >= 0.6 is 0 Å². The summed E-state index contributed by atoms with van der Waals surface area (Å²) in [5.41, 5.74) is 6.77. The Hall–Kier alpha value is -1.79. The van der Waals surface area contributed by atoms with Gasteiger partial charge in [-0.3, -0.25) is 4.79 Å². The number of nitrogens with two attached hydrogens (primary N) is 1. The van der Waals surface area contributed by atoms with Gasteiger partial charge in [-0.15, -0.1) is 0 Å². The summed E-state index contributed by atoms with van der Waals surface area (Å²) in [5.74, 6) is 5.68. The lowest BCUT2D eigenvalue weighted by Crippen LogP contribution is -2.45. The zero-order valence-electron chi connectivity index (χ0n) is 13.7. The van der Waals surface area contributed by atoms with Crippen molar-refractivity contribution in [2.45, 2.75) is 46.6 Å². The molecule has 3 N–H and O–H groups in total. The van der Waals surface area contributed by atoms with Crippen LogP contribution in [0, 0.1) is 17.3 Å². The van der Waals surface area contributed by atoms with E-state index < -0.39 is 0 Å². The zero-order chi connectivity index (χ0) is 16.1. The van der Waals surface area contributed by atoms with Crippen molar-refractivity contribution >= 4 is 5.91 Å². The fraction of sp³-hybridized carbons (Fsp3) is 0.500. The first-order valence-electron chi connectivity index (χ1n) is 7.24. The van der Waals surface area contributed by atoms with Crippen molar-refractivity contribution in [1.82, 2.24) is 5.32 Å². The first-order chi connectivity index (χ1) is 9.63. The molecule has 0 aliphatic rings. The molecule has 3 heteroatoms. The van der Waals surface area contributed by atoms with Gasteiger partial charge in [-0.2, -0.15) is 0 Å². The molecule has 0 bridgehead atoms. The second kappa shape index (κ2) is 6.78. The van der Waals surface area contributed by atoms with E-state index in [-0.39, 0.29) is 16.9 Å². The SMILES string of the molecule is CC(C)(C)CC(C)(C)NC(=O)c1ccc(C#CCN)cc1.